The van der Waals surface area contributed by atoms with Crippen LogP contribution in [-0.4, -0.2) is 20.8 Å². The Bertz CT molecular complexity index is 740. The van der Waals surface area contributed by atoms with Gasteiger partial charge in [-0.2, -0.15) is 0 Å². The molecule has 0 aliphatic rings. The van der Waals surface area contributed by atoms with Crippen molar-refractivity contribution in [2.45, 2.75) is 6.42 Å². The average molecular weight is 251 g/mol. The Morgan fingerprint density at radius 3 is 2.74 bits per heavy atom. The average Bonchev–Trinajstić information content (AvgIpc) is 2.85. The lowest BCUT2D eigenvalue weighted by molar-refractivity contribution is 0.0984. The van der Waals surface area contributed by atoms with E-state index in [1.54, 1.807) is 7.05 Å². The van der Waals surface area contributed by atoms with Crippen molar-refractivity contribution in [2.75, 3.05) is 0 Å². The minimum absolute atomic E-state index is 0.0313. The van der Waals surface area contributed by atoms with E-state index in [0.717, 1.165) is 16.3 Å². The van der Waals surface area contributed by atoms with Gasteiger partial charge in [-0.3, -0.25) is 4.79 Å². The van der Waals surface area contributed by atoms with Crippen molar-refractivity contribution in [3.63, 3.8) is 0 Å². The molecule has 0 radical (unpaired) electrons. The van der Waals surface area contributed by atoms with Crippen LogP contribution in [0.4, 0.5) is 0 Å². The van der Waals surface area contributed by atoms with Crippen LogP contribution in [-0.2, 0) is 13.5 Å². The Morgan fingerprint density at radius 1 is 1.16 bits per heavy atom. The molecule has 0 atom stereocenters. The highest BCUT2D eigenvalue weighted by Crippen LogP contribution is 2.19. The third-order valence-electron chi connectivity index (χ3n) is 3.23. The van der Waals surface area contributed by atoms with Gasteiger partial charge in [-0.05, 0) is 16.3 Å². The van der Waals surface area contributed by atoms with E-state index in [-0.39, 0.29) is 5.78 Å². The summed E-state index contributed by atoms with van der Waals surface area (Å²) in [5.74, 6) is 0.0313. The molecule has 0 aliphatic carbocycles. The summed E-state index contributed by atoms with van der Waals surface area (Å²) in [6.45, 7) is 0. The number of aryl methyl sites for hydroxylation is 1. The van der Waals surface area contributed by atoms with Gasteiger partial charge in [-0.25, -0.2) is 4.68 Å². The number of aromatic nitrogens is 3. The fourth-order valence-corrected chi connectivity index (χ4v) is 2.25. The highest BCUT2D eigenvalue weighted by atomic mass is 16.1. The van der Waals surface area contributed by atoms with Gasteiger partial charge in [-0.15, -0.1) is 5.10 Å². The molecule has 4 heteroatoms. The second-order valence-electron chi connectivity index (χ2n) is 4.48. The van der Waals surface area contributed by atoms with E-state index in [1.165, 1.54) is 10.9 Å². The number of fused-ring (bicyclic) bond motifs is 1. The lowest BCUT2D eigenvalue weighted by Gasteiger charge is -2.05. The maximum atomic E-state index is 12.2. The molecule has 94 valence electrons. The molecule has 1 aromatic heterocycles. The lowest BCUT2D eigenvalue weighted by Crippen LogP contribution is -2.09. The third kappa shape index (κ3) is 2.12. The summed E-state index contributed by atoms with van der Waals surface area (Å²) in [5.41, 5.74) is 1.57. The second-order valence-corrected chi connectivity index (χ2v) is 4.48. The first-order chi connectivity index (χ1) is 9.25. The fourth-order valence-electron chi connectivity index (χ4n) is 2.25. The fraction of sp³-hybridized carbons (Fsp3) is 0.133. The molecule has 0 spiro atoms. The molecule has 3 rings (SSSR count). The van der Waals surface area contributed by atoms with Crippen LogP contribution in [0.15, 0.2) is 48.7 Å². The Kier molecular flexibility index (Phi) is 2.83. The predicted molar refractivity (Wildman–Crippen MR) is 73.0 cm³/mol. The first-order valence-electron chi connectivity index (χ1n) is 6.10. The number of carbonyl (C=O) groups excluding carboxylic acids is 1. The van der Waals surface area contributed by atoms with Crippen LogP contribution in [0.25, 0.3) is 10.8 Å². The molecule has 0 amide bonds. The second kappa shape index (κ2) is 4.65. The van der Waals surface area contributed by atoms with E-state index in [0.29, 0.717) is 12.1 Å². The monoisotopic (exact) mass is 251 g/mol. The van der Waals surface area contributed by atoms with Crippen molar-refractivity contribution in [3.8, 4) is 0 Å². The summed E-state index contributed by atoms with van der Waals surface area (Å²) >= 11 is 0. The minimum Gasteiger partial charge on any atom is -0.292 e. The van der Waals surface area contributed by atoms with Crippen LogP contribution in [0.2, 0.25) is 0 Å². The van der Waals surface area contributed by atoms with Gasteiger partial charge in [0.25, 0.3) is 0 Å². The highest BCUT2D eigenvalue weighted by molar-refractivity contribution is 5.98. The van der Waals surface area contributed by atoms with Gasteiger partial charge >= 0.3 is 0 Å². The van der Waals surface area contributed by atoms with Gasteiger partial charge in [0.2, 0.25) is 0 Å². The van der Waals surface area contributed by atoms with Crippen molar-refractivity contribution in [1.29, 1.82) is 0 Å². The van der Waals surface area contributed by atoms with Crippen LogP contribution < -0.4 is 0 Å². The van der Waals surface area contributed by atoms with Crippen LogP contribution in [0.1, 0.15) is 16.1 Å². The lowest BCUT2D eigenvalue weighted by atomic mass is 10.00. The van der Waals surface area contributed by atoms with Gasteiger partial charge in [0.1, 0.15) is 5.69 Å². The number of hydrogen-bond donors (Lipinski definition) is 0. The topological polar surface area (TPSA) is 47.8 Å². The molecule has 3 aromatic rings. The van der Waals surface area contributed by atoms with Crippen LogP contribution in [0, 0.1) is 0 Å². The summed E-state index contributed by atoms with van der Waals surface area (Å²) in [6, 6.07) is 14.1. The molecular formula is C15H13N3O. The molecular weight excluding hydrogens is 238 g/mol. The number of nitrogens with zero attached hydrogens (tertiary/aromatic N) is 3. The molecule has 0 aliphatic heterocycles. The Hall–Kier alpha value is -2.49. The van der Waals surface area contributed by atoms with Gasteiger partial charge < -0.3 is 0 Å². The predicted octanol–water partition coefficient (Wildman–Crippen LogP) is 2.39. The Labute approximate surface area is 110 Å². The van der Waals surface area contributed by atoms with Gasteiger partial charge in [0, 0.05) is 13.5 Å². The normalized spacial score (nSPS) is 10.8. The zero-order valence-electron chi connectivity index (χ0n) is 10.6. The number of rotatable bonds is 3. The zero-order chi connectivity index (χ0) is 13.2. The van der Waals surface area contributed by atoms with Crippen molar-refractivity contribution in [3.05, 3.63) is 59.9 Å². The molecule has 4 nitrogen and oxygen atoms in total. The number of ketones is 1. The molecule has 0 saturated carbocycles. The van der Waals surface area contributed by atoms with Gasteiger partial charge in [-0.1, -0.05) is 47.7 Å². The number of hydrogen-bond acceptors (Lipinski definition) is 3. The van der Waals surface area contributed by atoms with E-state index >= 15 is 0 Å². The summed E-state index contributed by atoms with van der Waals surface area (Å²) in [5, 5.41) is 9.79. The van der Waals surface area contributed by atoms with Gasteiger partial charge in [0.05, 0.1) is 6.20 Å². The molecule has 0 saturated heterocycles. The van der Waals surface area contributed by atoms with E-state index < -0.39 is 0 Å². The first kappa shape index (κ1) is 11.6. The van der Waals surface area contributed by atoms with Crippen molar-refractivity contribution < 1.29 is 4.79 Å². The molecule has 1 heterocycles. The van der Waals surface area contributed by atoms with E-state index in [4.69, 9.17) is 0 Å². The maximum absolute atomic E-state index is 12.2. The smallest absolute Gasteiger partial charge is 0.186 e. The van der Waals surface area contributed by atoms with E-state index in [9.17, 15) is 4.79 Å². The summed E-state index contributed by atoms with van der Waals surface area (Å²) in [7, 11) is 1.73. The molecule has 19 heavy (non-hydrogen) atoms. The van der Waals surface area contributed by atoms with E-state index in [2.05, 4.69) is 22.4 Å². The maximum Gasteiger partial charge on any atom is 0.186 e. The quantitative estimate of drug-likeness (QED) is 0.671. The zero-order valence-corrected chi connectivity index (χ0v) is 10.6. The number of benzene rings is 2. The molecule has 0 unspecified atom stereocenters. The first-order valence-corrected chi connectivity index (χ1v) is 6.10. The summed E-state index contributed by atoms with van der Waals surface area (Å²) in [4.78, 5) is 12.2. The standard InChI is InChI=1S/C15H13N3O/c1-18-14(10-16-17-18)15(19)9-12-7-4-6-11-5-2-3-8-13(11)12/h2-8,10H,9H2,1H3. The minimum atomic E-state index is 0.0313. The van der Waals surface area contributed by atoms with Crippen molar-refractivity contribution in [1.82, 2.24) is 15.0 Å². The van der Waals surface area contributed by atoms with Crippen LogP contribution >= 0.6 is 0 Å². The Morgan fingerprint density at radius 2 is 1.95 bits per heavy atom. The largest absolute Gasteiger partial charge is 0.292 e. The molecule has 0 fully saturated rings. The number of Topliss-reactive ketones (excluding diaryl/α,β-unsaturated/α-hetero) is 1. The van der Waals surface area contributed by atoms with Crippen LogP contribution in [0.5, 0.6) is 0 Å². The summed E-state index contributed by atoms with van der Waals surface area (Å²) in [6.07, 6.45) is 1.87. The summed E-state index contributed by atoms with van der Waals surface area (Å²) < 4.78 is 1.51. The third-order valence-corrected chi connectivity index (χ3v) is 3.23. The van der Waals surface area contributed by atoms with Gasteiger partial charge in [0.15, 0.2) is 5.78 Å². The Balaban J connectivity index is 1.98. The SMILES string of the molecule is Cn1nncc1C(=O)Cc1cccc2ccccc12. The van der Waals surface area contributed by atoms with Crippen molar-refractivity contribution in [2.24, 2.45) is 7.05 Å². The van der Waals surface area contributed by atoms with Crippen molar-refractivity contribution >= 4 is 16.6 Å². The molecule has 2 aromatic carbocycles. The van der Waals surface area contributed by atoms with Crippen LogP contribution in [0.3, 0.4) is 0 Å². The number of carbonyl (C=O) groups is 1. The molecule has 0 N–H and O–H groups in total. The molecule has 0 bridgehead atoms. The van der Waals surface area contributed by atoms with E-state index in [1.807, 2.05) is 30.3 Å². The highest BCUT2D eigenvalue weighted by Gasteiger charge is 2.13.